The highest BCUT2D eigenvalue weighted by molar-refractivity contribution is 6.10. The van der Waals surface area contributed by atoms with Crippen molar-refractivity contribution in [3.05, 3.63) is 69.4 Å². The van der Waals surface area contributed by atoms with Gasteiger partial charge in [0.2, 0.25) is 5.78 Å². The van der Waals surface area contributed by atoms with Crippen LogP contribution in [0.25, 0.3) is 10.9 Å². The van der Waals surface area contributed by atoms with Crippen LogP contribution in [0.3, 0.4) is 0 Å². The number of esters is 1. The summed E-state index contributed by atoms with van der Waals surface area (Å²) < 4.78 is 5.03. The van der Waals surface area contributed by atoms with Gasteiger partial charge in [-0.15, -0.1) is 0 Å². The summed E-state index contributed by atoms with van der Waals surface area (Å²) in [5.74, 6) is -1.27. The maximum absolute atomic E-state index is 12.5. The number of H-pyrrole nitrogens is 1. The normalized spacial score (nSPS) is 10.7. The van der Waals surface area contributed by atoms with Gasteiger partial charge in [0, 0.05) is 40.5 Å². The fraction of sp³-hybridized carbons (Fsp3) is 0.158. The number of nitrogens with two attached hydrogens (primary N) is 1. The molecule has 0 radical (unpaired) electrons. The molecule has 3 aromatic rings. The van der Waals surface area contributed by atoms with E-state index in [9.17, 15) is 19.7 Å². The number of ketones is 1. The number of nitrogens with zero attached hydrogens (tertiary/aromatic N) is 1. The molecule has 2 aromatic carbocycles. The summed E-state index contributed by atoms with van der Waals surface area (Å²) in [6.07, 6.45) is 2.40. The zero-order valence-electron chi connectivity index (χ0n) is 14.5. The molecule has 138 valence electrons. The monoisotopic (exact) mass is 367 g/mol. The summed E-state index contributed by atoms with van der Waals surface area (Å²) in [5.41, 5.74) is 7.66. The van der Waals surface area contributed by atoms with Gasteiger partial charge in [0.25, 0.3) is 5.69 Å². The quantitative estimate of drug-likeness (QED) is 0.226. The maximum atomic E-state index is 12.5. The maximum Gasteiger partial charge on any atom is 0.340 e. The minimum absolute atomic E-state index is 0.0396. The second-order valence-corrected chi connectivity index (χ2v) is 5.92. The van der Waals surface area contributed by atoms with E-state index in [0.717, 1.165) is 29.0 Å². The van der Waals surface area contributed by atoms with Gasteiger partial charge in [0.1, 0.15) is 0 Å². The smallest absolute Gasteiger partial charge is 0.340 e. The first kappa shape index (κ1) is 18.1. The van der Waals surface area contributed by atoms with Crippen LogP contribution in [0.2, 0.25) is 0 Å². The second-order valence-electron chi connectivity index (χ2n) is 5.92. The van der Waals surface area contributed by atoms with Gasteiger partial charge in [-0.05, 0) is 18.1 Å². The Labute approximate surface area is 154 Å². The molecule has 0 aliphatic rings. The third-order valence-electron chi connectivity index (χ3n) is 4.29. The molecule has 0 saturated carbocycles. The van der Waals surface area contributed by atoms with Crippen LogP contribution in [0.5, 0.6) is 0 Å². The van der Waals surface area contributed by atoms with Crippen molar-refractivity contribution in [1.82, 2.24) is 4.98 Å². The molecule has 0 unspecified atom stereocenters. The number of non-ortho nitro benzene ring substituents is 1. The van der Waals surface area contributed by atoms with E-state index in [1.54, 1.807) is 6.20 Å². The zero-order valence-corrected chi connectivity index (χ0v) is 14.5. The van der Waals surface area contributed by atoms with Crippen LogP contribution >= 0.6 is 0 Å². The molecule has 0 aliphatic carbocycles. The summed E-state index contributed by atoms with van der Waals surface area (Å²) in [7, 11) is 0. The number of anilines is 1. The van der Waals surface area contributed by atoms with Gasteiger partial charge in [0.05, 0.1) is 10.5 Å². The SMILES string of the molecule is CCc1cccc2c(C(=O)COC(=O)c3cc([N+](=O)[O-])ccc3N)c[nH]c12. The molecule has 0 spiro atoms. The first-order valence-electron chi connectivity index (χ1n) is 8.25. The predicted molar refractivity (Wildman–Crippen MR) is 99.8 cm³/mol. The number of ether oxygens (including phenoxy) is 1. The number of carbonyl (C=O) groups excluding carboxylic acids is 2. The standard InChI is InChI=1S/C19H17N3O5/c1-2-11-4-3-5-13-15(9-21-18(11)13)17(23)10-27-19(24)14-8-12(22(25)26)6-7-16(14)20/h3-9,21H,2,10,20H2,1H3. The fourth-order valence-electron chi connectivity index (χ4n) is 2.86. The Hall–Kier alpha value is -3.68. The van der Waals surface area contributed by atoms with Crippen molar-refractivity contribution in [2.24, 2.45) is 0 Å². The number of aromatic nitrogens is 1. The lowest BCUT2D eigenvalue weighted by molar-refractivity contribution is -0.384. The topological polar surface area (TPSA) is 128 Å². The summed E-state index contributed by atoms with van der Waals surface area (Å²) in [6, 6.07) is 9.12. The largest absolute Gasteiger partial charge is 0.454 e. The van der Waals surface area contributed by atoms with Gasteiger partial charge in [-0.2, -0.15) is 0 Å². The van der Waals surface area contributed by atoms with Crippen LogP contribution in [0, 0.1) is 10.1 Å². The van der Waals surface area contributed by atoms with Crippen molar-refractivity contribution in [3.63, 3.8) is 0 Å². The number of rotatable bonds is 6. The average molecular weight is 367 g/mol. The number of hydrogen-bond donors (Lipinski definition) is 2. The highest BCUT2D eigenvalue weighted by atomic mass is 16.6. The van der Waals surface area contributed by atoms with Crippen molar-refractivity contribution < 1.29 is 19.2 Å². The number of aromatic amines is 1. The summed E-state index contributed by atoms with van der Waals surface area (Å²) in [5, 5.41) is 11.6. The van der Waals surface area contributed by atoms with Gasteiger partial charge in [-0.1, -0.05) is 25.1 Å². The minimum atomic E-state index is -0.890. The number of nitrogens with one attached hydrogen (secondary N) is 1. The highest BCUT2D eigenvalue weighted by Crippen LogP contribution is 2.23. The Morgan fingerprint density at radius 1 is 1.22 bits per heavy atom. The number of aryl methyl sites for hydroxylation is 1. The van der Waals surface area contributed by atoms with Crippen LogP contribution < -0.4 is 5.73 Å². The predicted octanol–water partition coefficient (Wildman–Crippen LogP) is 3.26. The fourth-order valence-corrected chi connectivity index (χ4v) is 2.86. The van der Waals surface area contributed by atoms with Crippen molar-refractivity contribution in [3.8, 4) is 0 Å². The van der Waals surface area contributed by atoms with Crippen LogP contribution in [0.15, 0.2) is 42.6 Å². The van der Waals surface area contributed by atoms with E-state index in [1.807, 2.05) is 25.1 Å². The van der Waals surface area contributed by atoms with Crippen LogP contribution in [-0.2, 0) is 11.2 Å². The average Bonchev–Trinajstić information content (AvgIpc) is 3.10. The first-order chi connectivity index (χ1) is 12.9. The molecule has 0 saturated heterocycles. The van der Waals surface area contributed by atoms with E-state index in [4.69, 9.17) is 10.5 Å². The number of fused-ring (bicyclic) bond motifs is 1. The first-order valence-corrected chi connectivity index (χ1v) is 8.25. The lowest BCUT2D eigenvalue weighted by atomic mass is 10.1. The van der Waals surface area contributed by atoms with Crippen molar-refractivity contribution in [2.45, 2.75) is 13.3 Å². The number of carbonyl (C=O) groups is 2. The van der Waals surface area contributed by atoms with Crippen LogP contribution in [0.4, 0.5) is 11.4 Å². The minimum Gasteiger partial charge on any atom is -0.454 e. The van der Waals surface area contributed by atoms with Crippen molar-refractivity contribution >= 4 is 34.0 Å². The van der Waals surface area contributed by atoms with E-state index in [1.165, 1.54) is 12.1 Å². The zero-order chi connectivity index (χ0) is 19.6. The van der Waals surface area contributed by atoms with E-state index < -0.39 is 17.5 Å². The Kier molecular flexibility index (Phi) is 4.89. The van der Waals surface area contributed by atoms with Gasteiger partial charge >= 0.3 is 5.97 Å². The molecule has 27 heavy (non-hydrogen) atoms. The lowest BCUT2D eigenvalue weighted by Crippen LogP contribution is -2.15. The summed E-state index contributed by atoms with van der Waals surface area (Å²) >= 11 is 0. The Balaban J connectivity index is 1.77. The van der Waals surface area contributed by atoms with Gasteiger partial charge in [0.15, 0.2) is 6.61 Å². The van der Waals surface area contributed by atoms with E-state index in [2.05, 4.69) is 4.98 Å². The number of nitro benzene ring substituents is 1. The molecule has 0 aliphatic heterocycles. The number of nitrogen functional groups attached to an aromatic ring is 1. The van der Waals surface area contributed by atoms with Crippen molar-refractivity contribution in [2.75, 3.05) is 12.3 Å². The molecule has 0 atom stereocenters. The molecule has 0 amide bonds. The highest BCUT2D eigenvalue weighted by Gasteiger charge is 2.19. The molecule has 3 N–H and O–H groups in total. The Morgan fingerprint density at radius 2 is 2.00 bits per heavy atom. The van der Waals surface area contributed by atoms with E-state index in [-0.39, 0.29) is 22.7 Å². The molecule has 0 fully saturated rings. The molecule has 3 rings (SSSR count). The van der Waals surface area contributed by atoms with Gasteiger partial charge in [-0.3, -0.25) is 14.9 Å². The molecular weight excluding hydrogens is 350 g/mol. The summed E-state index contributed by atoms with van der Waals surface area (Å²) in [4.78, 5) is 38.0. The van der Waals surface area contributed by atoms with Crippen LogP contribution in [0.1, 0.15) is 33.2 Å². The molecule has 8 heteroatoms. The van der Waals surface area contributed by atoms with Gasteiger partial charge < -0.3 is 15.5 Å². The molecular formula is C19H17N3O5. The third kappa shape index (κ3) is 3.50. The van der Waals surface area contributed by atoms with Gasteiger partial charge in [-0.25, -0.2) is 4.79 Å². The molecule has 0 bridgehead atoms. The van der Waals surface area contributed by atoms with Crippen molar-refractivity contribution in [1.29, 1.82) is 0 Å². The second kappa shape index (κ2) is 7.28. The molecule has 1 aromatic heterocycles. The van der Waals surface area contributed by atoms with E-state index >= 15 is 0 Å². The molecule has 8 nitrogen and oxygen atoms in total. The number of nitro groups is 1. The van der Waals surface area contributed by atoms with Crippen LogP contribution in [-0.4, -0.2) is 28.3 Å². The van der Waals surface area contributed by atoms with E-state index in [0.29, 0.717) is 5.56 Å². The summed E-state index contributed by atoms with van der Waals surface area (Å²) in [6.45, 7) is 1.52. The number of Topliss-reactive ketones (excluding diaryl/α,β-unsaturated/α-hetero) is 1. The lowest BCUT2D eigenvalue weighted by Gasteiger charge is -2.06. The Morgan fingerprint density at radius 3 is 2.70 bits per heavy atom. The molecule has 1 heterocycles. The number of hydrogen-bond acceptors (Lipinski definition) is 6. The number of benzene rings is 2. The third-order valence-corrected chi connectivity index (χ3v) is 4.29. The Bertz CT molecular complexity index is 1050. The number of para-hydroxylation sites is 1.